The molecule has 7 heteroatoms. The van der Waals surface area contributed by atoms with Crippen molar-refractivity contribution in [2.75, 3.05) is 5.32 Å². The van der Waals surface area contributed by atoms with E-state index in [2.05, 4.69) is 10.3 Å². The van der Waals surface area contributed by atoms with Gasteiger partial charge in [-0.2, -0.15) is 0 Å². The zero-order valence-corrected chi connectivity index (χ0v) is 11.2. The van der Waals surface area contributed by atoms with E-state index >= 15 is 0 Å². The Hall–Kier alpha value is -2.96. The van der Waals surface area contributed by atoms with Crippen LogP contribution in [0, 0.1) is 10.1 Å². The van der Waals surface area contributed by atoms with Crippen molar-refractivity contribution in [1.29, 1.82) is 0 Å². The lowest BCUT2D eigenvalue weighted by atomic mass is 10.1. The van der Waals surface area contributed by atoms with E-state index in [1.807, 2.05) is 37.3 Å². The number of anilines is 1. The molecule has 0 saturated carbocycles. The summed E-state index contributed by atoms with van der Waals surface area (Å²) in [5, 5.41) is 22.8. The van der Waals surface area contributed by atoms with Crippen LogP contribution in [0.5, 0.6) is 0 Å². The normalized spacial score (nSPS) is 11.7. The molecule has 0 amide bonds. The number of hydrogen-bond donors (Lipinski definition) is 2. The molecule has 0 aliphatic rings. The van der Waals surface area contributed by atoms with Gasteiger partial charge in [0, 0.05) is 12.1 Å². The fourth-order valence-corrected chi connectivity index (χ4v) is 1.89. The maximum Gasteiger partial charge on any atom is 0.342 e. The van der Waals surface area contributed by atoms with Crippen LogP contribution in [-0.4, -0.2) is 21.0 Å². The lowest BCUT2D eigenvalue weighted by molar-refractivity contribution is -0.385. The topological polar surface area (TPSA) is 105 Å². The Morgan fingerprint density at radius 2 is 2.05 bits per heavy atom. The predicted molar refractivity (Wildman–Crippen MR) is 76.3 cm³/mol. The van der Waals surface area contributed by atoms with E-state index in [1.54, 1.807) is 0 Å². The van der Waals surface area contributed by atoms with E-state index in [0.717, 1.165) is 11.8 Å². The van der Waals surface area contributed by atoms with Gasteiger partial charge in [-0.25, -0.2) is 9.78 Å². The van der Waals surface area contributed by atoms with Gasteiger partial charge in [0.25, 0.3) is 0 Å². The number of hydrogen-bond acceptors (Lipinski definition) is 5. The molecule has 1 atom stereocenters. The highest BCUT2D eigenvalue weighted by molar-refractivity contribution is 5.93. The molecule has 21 heavy (non-hydrogen) atoms. The summed E-state index contributed by atoms with van der Waals surface area (Å²) < 4.78 is 0. The summed E-state index contributed by atoms with van der Waals surface area (Å²) in [6, 6.07) is 10.6. The van der Waals surface area contributed by atoms with E-state index in [0.29, 0.717) is 0 Å². The molecule has 0 bridgehead atoms. The molecule has 2 N–H and O–H groups in total. The van der Waals surface area contributed by atoms with Crippen LogP contribution in [0.25, 0.3) is 0 Å². The highest BCUT2D eigenvalue weighted by Gasteiger charge is 2.21. The van der Waals surface area contributed by atoms with Crippen LogP contribution >= 0.6 is 0 Å². The molecule has 0 fully saturated rings. The van der Waals surface area contributed by atoms with E-state index in [9.17, 15) is 14.9 Å². The summed E-state index contributed by atoms with van der Waals surface area (Å²) in [5.41, 5.74) is 0.0766. The summed E-state index contributed by atoms with van der Waals surface area (Å²) in [6.07, 6.45) is 0.948. The van der Waals surface area contributed by atoms with Crippen molar-refractivity contribution in [1.82, 2.24) is 4.98 Å². The molecule has 0 aliphatic carbocycles. The van der Waals surface area contributed by atoms with Gasteiger partial charge in [-0.15, -0.1) is 0 Å². The average Bonchev–Trinajstić information content (AvgIpc) is 2.47. The molecule has 0 spiro atoms. The number of carboxylic acid groups (broad SMARTS) is 1. The molecule has 0 radical (unpaired) electrons. The summed E-state index contributed by atoms with van der Waals surface area (Å²) >= 11 is 0. The van der Waals surface area contributed by atoms with Gasteiger partial charge in [0.1, 0.15) is 17.6 Å². The van der Waals surface area contributed by atoms with E-state index in [-0.39, 0.29) is 11.9 Å². The smallest absolute Gasteiger partial charge is 0.342 e. The van der Waals surface area contributed by atoms with Crippen molar-refractivity contribution in [2.45, 2.75) is 13.0 Å². The molecule has 108 valence electrons. The Morgan fingerprint density at radius 1 is 1.38 bits per heavy atom. The third-order valence-corrected chi connectivity index (χ3v) is 2.97. The number of aromatic carboxylic acids is 1. The second kappa shape index (κ2) is 6.00. The third kappa shape index (κ3) is 3.33. The summed E-state index contributed by atoms with van der Waals surface area (Å²) in [6.45, 7) is 1.89. The largest absolute Gasteiger partial charge is 0.477 e. The van der Waals surface area contributed by atoms with Gasteiger partial charge < -0.3 is 10.4 Å². The average molecular weight is 287 g/mol. The standard InChI is InChI=1S/C14H13N3O4/c1-9(10-5-3-2-4-6-10)16-13-7-11(14(18)19)12(8-15-13)17(20)21/h2-9H,1H3,(H,15,16)(H,18,19). The van der Waals surface area contributed by atoms with Crippen molar-refractivity contribution in [3.63, 3.8) is 0 Å². The van der Waals surface area contributed by atoms with Gasteiger partial charge >= 0.3 is 11.7 Å². The minimum absolute atomic E-state index is 0.109. The highest BCUT2D eigenvalue weighted by Crippen LogP contribution is 2.23. The molecule has 1 aromatic heterocycles. The third-order valence-electron chi connectivity index (χ3n) is 2.97. The minimum atomic E-state index is -1.36. The van der Waals surface area contributed by atoms with Crippen LogP contribution in [-0.2, 0) is 0 Å². The number of aromatic nitrogens is 1. The highest BCUT2D eigenvalue weighted by atomic mass is 16.6. The Balaban J connectivity index is 2.27. The lowest BCUT2D eigenvalue weighted by Crippen LogP contribution is -2.10. The first-order valence-electron chi connectivity index (χ1n) is 6.18. The molecule has 0 saturated heterocycles. The second-order valence-electron chi connectivity index (χ2n) is 4.43. The molecule has 0 aliphatic heterocycles. The lowest BCUT2D eigenvalue weighted by Gasteiger charge is -2.15. The zero-order valence-electron chi connectivity index (χ0n) is 11.2. The number of nitro groups is 1. The fraction of sp³-hybridized carbons (Fsp3) is 0.143. The summed E-state index contributed by atoms with van der Waals surface area (Å²) in [7, 11) is 0. The van der Waals surface area contributed by atoms with Crippen molar-refractivity contribution >= 4 is 17.5 Å². The molecular weight excluding hydrogens is 274 g/mol. The van der Waals surface area contributed by atoms with Crippen molar-refractivity contribution < 1.29 is 14.8 Å². The number of benzene rings is 1. The van der Waals surface area contributed by atoms with Crippen LogP contribution < -0.4 is 5.32 Å². The number of rotatable bonds is 5. The van der Waals surface area contributed by atoms with E-state index in [1.165, 1.54) is 6.07 Å². The molecule has 1 aromatic carbocycles. The molecule has 2 rings (SSSR count). The number of pyridine rings is 1. The van der Waals surface area contributed by atoms with Gasteiger partial charge in [0.15, 0.2) is 0 Å². The number of nitrogens with one attached hydrogen (secondary N) is 1. The molecule has 1 heterocycles. The maximum absolute atomic E-state index is 11.1. The molecule has 1 unspecified atom stereocenters. The van der Waals surface area contributed by atoms with Crippen LogP contribution in [0.1, 0.15) is 28.9 Å². The van der Waals surface area contributed by atoms with E-state index < -0.39 is 22.1 Å². The van der Waals surface area contributed by atoms with Crippen LogP contribution in [0.3, 0.4) is 0 Å². The fourth-order valence-electron chi connectivity index (χ4n) is 1.89. The first kappa shape index (κ1) is 14.4. The van der Waals surface area contributed by atoms with Crippen molar-refractivity contribution in [2.24, 2.45) is 0 Å². The summed E-state index contributed by atoms with van der Waals surface area (Å²) in [5.74, 6) is -1.09. The Bertz CT molecular complexity index is 673. The first-order chi connectivity index (χ1) is 9.99. The van der Waals surface area contributed by atoms with Crippen LogP contribution in [0.2, 0.25) is 0 Å². The molecule has 7 nitrogen and oxygen atoms in total. The number of nitrogens with zero attached hydrogens (tertiary/aromatic N) is 2. The van der Waals surface area contributed by atoms with Gasteiger partial charge in [-0.05, 0) is 12.5 Å². The predicted octanol–water partition coefficient (Wildman–Crippen LogP) is 2.86. The quantitative estimate of drug-likeness (QED) is 0.647. The SMILES string of the molecule is CC(Nc1cc(C(=O)O)c([N+](=O)[O-])cn1)c1ccccc1. The Morgan fingerprint density at radius 3 is 2.62 bits per heavy atom. The van der Waals surface area contributed by atoms with Gasteiger partial charge in [0.2, 0.25) is 0 Å². The maximum atomic E-state index is 11.1. The van der Waals surface area contributed by atoms with E-state index in [4.69, 9.17) is 5.11 Å². The van der Waals surface area contributed by atoms with Gasteiger partial charge in [-0.1, -0.05) is 30.3 Å². The summed E-state index contributed by atoms with van der Waals surface area (Å²) in [4.78, 5) is 25.0. The van der Waals surface area contributed by atoms with Crippen molar-refractivity contribution in [3.05, 3.63) is 63.8 Å². The molecular formula is C14H13N3O4. The monoisotopic (exact) mass is 287 g/mol. The first-order valence-corrected chi connectivity index (χ1v) is 6.18. The van der Waals surface area contributed by atoms with Crippen LogP contribution in [0.15, 0.2) is 42.6 Å². The van der Waals surface area contributed by atoms with Gasteiger partial charge in [0.05, 0.1) is 4.92 Å². The number of carboxylic acids is 1. The minimum Gasteiger partial charge on any atom is -0.477 e. The number of carbonyl (C=O) groups is 1. The zero-order chi connectivity index (χ0) is 15.4. The Labute approximate surface area is 120 Å². The molecule has 2 aromatic rings. The second-order valence-corrected chi connectivity index (χ2v) is 4.43. The van der Waals surface area contributed by atoms with Gasteiger partial charge in [-0.3, -0.25) is 10.1 Å². The van der Waals surface area contributed by atoms with Crippen molar-refractivity contribution in [3.8, 4) is 0 Å². The van der Waals surface area contributed by atoms with Crippen LogP contribution in [0.4, 0.5) is 11.5 Å². The Kier molecular flexibility index (Phi) is 4.13.